The number of hydrogen-bond acceptors (Lipinski definition) is 5. The van der Waals surface area contributed by atoms with Crippen LogP contribution in [-0.4, -0.2) is 20.9 Å². The van der Waals surface area contributed by atoms with E-state index < -0.39 is 0 Å². The van der Waals surface area contributed by atoms with E-state index in [1.165, 1.54) is 54.3 Å². The van der Waals surface area contributed by atoms with Crippen LogP contribution in [0, 0.1) is 22.8 Å². The molecule has 4 nitrogen and oxygen atoms in total. The number of carbonyl (C=O) groups excluding carboxylic acids is 1. The molecule has 0 unspecified atom stereocenters. The number of aliphatic hydroxyl groups is 1. The van der Waals surface area contributed by atoms with Crippen molar-refractivity contribution in [1.29, 1.82) is 0 Å². The van der Waals surface area contributed by atoms with Gasteiger partial charge < -0.3 is 10.1 Å². The molecule has 0 bridgehead atoms. The Kier molecular flexibility index (Phi) is 14.5. The zero-order valence-electron chi connectivity index (χ0n) is 37.0. The van der Waals surface area contributed by atoms with E-state index in [2.05, 4.69) is 115 Å². The maximum atomic E-state index is 12.2. The molecular formula is C51H65IrN2O2S-. The van der Waals surface area contributed by atoms with Gasteiger partial charge in [0, 0.05) is 75.2 Å². The van der Waals surface area contributed by atoms with Crippen molar-refractivity contribution in [2.75, 3.05) is 0 Å². The number of nitrogens with zero attached hydrogens (tertiary/aromatic N) is 2. The second kappa shape index (κ2) is 17.8. The standard InChI is InChI=1S/C36H37N2S.C15H28O2.Ir/c1-21(2)13-27-15-24-10-9-23(17-32(24)39-27)29-18-31(38-34-33(29)22(3)19-36(34,7)8)25-14-26-20-37-12-11-28(26)30(16-25)35(4,5)6;1-7-14(5,8-2)12(16)11-13(17)15(6,9-3)10-4;/h9-12,15-21H,13H2,1-8H3;11,16H,7-10H2,1-6H3;/q-1;;/b;12-11-;. The maximum absolute atomic E-state index is 12.2. The van der Waals surface area contributed by atoms with Crippen LogP contribution in [0.2, 0.25) is 0 Å². The molecule has 1 aliphatic rings. The van der Waals surface area contributed by atoms with Gasteiger partial charge in [0.25, 0.3) is 0 Å². The van der Waals surface area contributed by atoms with Crippen LogP contribution in [0.25, 0.3) is 48.8 Å². The minimum absolute atomic E-state index is 0. The predicted molar refractivity (Wildman–Crippen MR) is 242 cm³/mol. The van der Waals surface area contributed by atoms with Crippen LogP contribution in [0.1, 0.15) is 144 Å². The minimum atomic E-state index is -0.337. The number of allylic oxidation sites excluding steroid dienone is 4. The van der Waals surface area contributed by atoms with Gasteiger partial charge in [0.15, 0.2) is 5.78 Å². The Bertz CT molecular complexity index is 2290. The Morgan fingerprint density at radius 1 is 0.930 bits per heavy atom. The first kappa shape index (κ1) is 46.3. The number of carbonyl (C=O) groups is 1. The summed E-state index contributed by atoms with van der Waals surface area (Å²) in [5, 5.41) is 13.7. The fraction of sp³-hybridized carbons (Fsp3) is 0.471. The van der Waals surface area contributed by atoms with Crippen molar-refractivity contribution in [2.45, 2.75) is 140 Å². The van der Waals surface area contributed by atoms with Gasteiger partial charge in [-0.1, -0.05) is 137 Å². The number of aromatic nitrogens is 2. The van der Waals surface area contributed by atoms with E-state index in [1.54, 1.807) is 0 Å². The van der Waals surface area contributed by atoms with Gasteiger partial charge in [-0.2, -0.15) is 0 Å². The summed E-state index contributed by atoms with van der Waals surface area (Å²) in [7, 11) is 0. The number of fused-ring (bicyclic) bond motifs is 3. The topological polar surface area (TPSA) is 63.1 Å². The van der Waals surface area contributed by atoms with Crippen LogP contribution in [0.4, 0.5) is 0 Å². The first-order valence-corrected chi connectivity index (χ1v) is 21.6. The third-order valence-corrected chi connectivity index (χ3v) is 13.6. The van der Waals surface area contributed by atoms with Crippen LogP contribution in [0.5, 0.6) is 0 Å². The second-order valence-corrected chi connectivity index (χ2v) is 19.8. The summed E-state index contributed by atoms with van der Waals surface area (Å²) >= 11 is 1.93. The fourth-order valence-corrected chi connectivity index (χ4v) is 9.10. The van der Waals surface area contributed by atoms with Crippen molar-refractivity contribution in [3.63, 3.8) is 0 Å². The zero-order valence-corrected chi connectivity index (χ0v) is 40.2. The number of hydrogen-bond donors (Lipinski definition) is 1. The summed E-state index contributed by atoms with van der Waals surface area (Å²) < 4.78 is 1.35. The van der Waals surface area contributed by atoms with Crippen LogP contribution >= 0.6 is 11.3 Å². The van der Waals surface area contributed by atoms with Crippen molar-refractivity contribution < 1.29 is 30.0 Å². The summed E-state index contributed by atoms with van der Waals surface area (Å²) in [6.07, 6.45) is 12.1. The first-order valence-electron chi connectivity index (χ1n) is 20.7. The predicted octanol–water partition coefficient (Wildman–Crippen LogP) is 14.8. The molecule has 1 aliphatic carbocycles. The molecule has 3 heterocycles. The van der Waals surface area contributed by atoms with Crippen molar-refractivity contribution in [3.8, 4) is 22.4 Å². The molecule has 5 aromatic rings. The normalized spacial score (nSPS) is 14.3. The summed E-state index contributed by atoms with van der Waals surface area (Å²) in [5.74, 6) is 0.943. The molecule has 307 valence electrons. The number of thiophene rings is 1. The van der Waals surface area contributed by atoms with E-state index in [4.69, 9.17) is 4.98 Å². The summed E-state index contributed by atoms with van der Waals surface area (Å²) in [4.78, 5) is 23.4. The van der Waals surface area contributed by atoms with Gasteiger partial charge in [-0.3, -0.25) is 9.78 Å². The Balaban J connectivity index is 0.000000341. The molecule has 0 saturated heterocycles. The molecule has 57 heavy (non-hydrogen) atoms. The fourth-order valence-electron chi connectivity index (χ4n) is 7.79. The third-order valence-electron chi connectivity index (χ3n) is 12.4. The van der Waals surface area contributed by atoms with Crippen LogP contribution in [0.15, 0.2) is 72.8 Å². The molecule has 1 N–H and O–H groups in total. The van der Waals surface area contributed by atoms with Gasteiger partial charge in [0.05, 0.1) is 0 Å². The molecule has 0 fully saturated rings. The number of ketones is 1. The summed E-state index contributed by atoms with van der Waals surface area (Å²) in [6, 6.07) is 19.7. The van der Waals surface area contributed by atoms with Crippen molar-refractivity contribution in [1.82, 2.24) is 9.97 Å². The van der Waals surface area contributed by atoms with E-state index in [1.807, 2.05) is 65.3 Å². The molecular weight excluding hydrogens is 897 g/mol. The van der Waals surface area contributed by atoms with E-state index in [9.17, 15) is 9.90 Å². The Hall–Kier alpha value is -3.44. The van der Waals surface area contributed by atoms with Crippen LogP contribution in [0.3, 0.4) is 0 Å². The average Bonchev–Trinajstić information content (AvgIpc) is 3.67. The summed E-state index contributed by atoms with van der Waals surface area (Å²) in [6.45, 7) is 30.3. The molecule has 6 heteroatoms. The smallest absolute Gasteiger partial charge is 0.164 e. The quantitative estimate of drug-likeness (QED) is 0.0814. The van der Waals surface area contributed by atoms with E-state index >= 15 is 0 Å². The number of pyridine rings is 2. The minimum Gasteiger partial charge on any atom is -0.512 e. The number of rotatable bonds is 11. The van der Waals surface area contributed by atoms with Gasteiger partial charge in [0.2, 0.25) is 0 Å². The van der Waals surface area contributed by atoms with Gasteiger partial charge in [-0.15, -0.1) is 29.0 Å². The van der Waals surface area contributed by atoms with Crippen molar-refractivity contribution >= 4 is 43.6 Å². The van der Waals surface area contributed by atoms with Gasteiger partial charge in [0.1, 0.15) is 5.76 Å². The van der Waals surface area contributed by atoms with Gasteiger partial charge in [-0.25, -0.2) is 0 Å². The average molecular weight is 962 g/mol. The molecule has 6 rings (SSSR count). The molecule has 3 aromatic heterocycles. The largest absolute Gasteiger partial charge is 0.512 e. The van der Waals surface area contributed by atoms with E-state index in [0.29, 0.717) is 5.92 Å². The molecule has 0 saturated carbocycles. The Labute approximate surface area is 361 Å². The molecule has 0 aliphatic heterocycles. The zero-order chi connectivity index (χ0) is 41.4. The third kappa shape index (κ3) is 9.72. The van der Waals surface area contributed by atoms with Crippen LogP contribution < -0.4 is 0 Å². The van der Waals surface area contributed by atoms with Crippen LogP contribution in [-0.2, 0) is 42.2 Å². The monoisotopic (exact) mass is 962 g/mol. The first-order chi connectivity index (χ1) is 26.2. The summed E-state index contributed by atoms with van der Waals surface area (Å²) in [5.41, 5.74) is 8.79. The molecule has 0 atom stereocenters. The van der Waals surface area contributed by atoms with Gasteiger partial charge >= 0.3 is 0 Å². The molecule has 2 aromatic carbocycles. The molecule has 1 radical (unpaired) electrons. The SMILES string of the molecule is CC1=CC(C)(C)c2nc(-c3[c-]c4cnccc4c(C(C)(C)C)c3)cc(-c3ccc4cc(CC(C)C)sc4c3)c21.CCC(C)(CC)C(=O)/C=C(\O)C(C)(CC)CC.[Ir]. The maximum Gasteiger partial charge on any atom is 0.164 e. The van der Waals surface area contributed by atoms with Crippen molar-refractivity contribution in [3.05, 3.63) is 101 Å². The number of aliphatic hydroxyl groups excluding tert-OH is 1. The Morgan fingerprint density at radius 2 is 1.58 bits per heavy atom. The van der Waals surface area contributed by atoms with E-state index in [0.717, 1.165) is 54.4 Å². The van der Waals surface area contributed by atoms with Gasteiger partial charge in [-0.05, 0) is 90.8 Å². The second-order valence-electron chi connectivity index (χ2n) is 18.6. The molecule has 0 amide bonds. The molecule has 0 spiro atoms. The number of benzene rings is 2. The Morgan fingerprint density at radius 3 is 2.18 bits per heavy atom. The van der Waals surface area contributed by atoms with E-state index in [-0.39, 0.29) is 53.3 Å². The van der Waals surface area contributed by atoms with Crippen molar-refractivity contribution in [2.24, 2.45) is 16.7 Å².